The van der Waals surface area contributed by atoms with E-state index >= 15 is 0 Å². The average Bonchev–Trinajstić information content (AvgIpc) is 2.34. The number of hydrogen-bond donors (Lipinski definition) is 1. The molecule has 0 aromatic heterocycles. The lowest BCUT2D eigenvalue weighted by molar-refractivity contribution is -0.139. The highest BCUT2D eigenvalue weighted by molar-refractivity contribution is 5.68. The van der Waals surface area contributed by atoms with Crippen molar-refractivity contribution in [1.29, 1.82) is 5.26 Å². The van der Waals surface area contributed by atoms with Crippen LogP contribution in [-0.4, -0.2) is 17.7 Å². The molecule has 1 rings (SSSR count). The summed E-state index contributed by atoms with van der Waals surface area (Å²) in [7, 11) is 0. The van der Waals surface area contributed by atoms with Crippen molar-refractivity contribution >= 4 is 5.97 Å². The molecule has 90 valence electrons. The van der Waals surface area contributed by atoms with E-state index in [-0.39, 0.29) is 5.92 Å². The first kappa shape index (κ1) is 13.0. The van der Waals surface area contributed by atoms with E-state index in [0.29, 0.717) is 11.3 Å². The van der Waals surface area contributed by atoms with Crippen LogP contribution in [0.1, 0.15) is 37.3 Å². The second kappa shape index (κ2) is 5.90. The molecule has 4 nitrogen and oxygen atoms in total. The van der Waals surface area contributed by atoms with Gasteiger partial charge in [0.1, 0.15) is 11.8 Å². The van der Waals surface area contributed by atoms with Crippen LogP contribution < -0.4 is 4.74 Å². The van der Waals surface area contributed by atoms with Crippen molar-refractivity contribution in [3.8, 4) is 11.8 Å². The maximum atomic E-state index is 10.5. The predicted molar refractivity (Wildman–Crippen MR) is 63.0 cm³/mol. The molecular weight excluding hydrogens is 218 g/mol. The van der Waals surface area contributed by atoms with Gasteiger partial charge >= 0.3 is 5.97 Å². The Bertz CT molecular complexity index is 448. The molecule has 4 heteroatoms. The highest BCUT2D eigenvalue weighted by Gasteiger charge is 2.15. The Hall–Kier alpha value is -2.02. The van der Waals surface area contributed by atoms with Crippen LogP contribution in [0.3, 0.4) is 0 Å². The number of ether oxygens (including phenoxy) is 1. The number of rotatable bonds is 5. The molecular formula is C13H15NO3. The number of nitriles is 1. The van der Waals surface area contributed by atoms with Crippen LogP contribution in [0.2, 0.25) is 0 Å². The molecule has 0 aliphatic carbocycles. The fourth-order valence-electron chi connectivity index (χ4n) is 1.55. The molecule has 0 saturated carbocycles. The van der Waals surface area contributed by atoms with Gasteiger partial charge in [0.15, 0.2) is 6.61 Å². The van der Waals surface area contributed by atoms with Crippen LogP contribution in [0.25, 0.3) is 0 Å². The SMILES string of the molecule is CCC(C)c1cccc(C#N)c1OCC(=O)O. The monoisotopic (exact) mass is 233 g/mol. The summed E-state index contributed by atoms with van der Waals surface area (Å²) >= 11 is 0. The minimum Gasteiger partial charge on any atom is -0.480 e. The number of aliphatic carboxylic acids is 1. The Labute approximate surface area is 100 Å². The van der Waals surface area contributed by atoms with Gasteiger partial charge in [0.05, 0.1) is 5.56 Å². The fraction of sp³-hybridized carbons (Fsp3) is 0.385. The van der Waals surface area contributed by atoms with Crippen LogP contribution in [0.15, 0.2) is 18.2 Å². The van der Waals surface area contributed by atoms with E-state index in [0.717, 1.165) is 12.0 Å². The van der Waals surface area contributed by atoms with Gasteiger partial charge in [0, 0.05) is 0 Å². The van der Waals surface area contributed by atoms with E-state index in [4.69, 9.17) is 15.1 Å². The molecule has 1 atom stereocenters. The molecule has 1 unspecified atom stereocenters. The van der Waals surface area contributed by atoms with Crippen LogP contribution in [0.4, 0.5) is 0 Å². The van der Waals surface area contributed by atoms with E-state index in [9.17, 15) is 4.79 Å². The van der Waals surface area contributed by atoms with Crippen molar-refractivity contribution in [3.63, 3.8) is 0 Å². The summed E-state index contributed by atoms with van der Waals surface area (Å²) in [6.07, 6.45) is 0.901. The first-order valence-corrected chi connectivity index (χ1v) is 5.47. The summed E-state index contributed by atoms with van der Waals surface area (Å²) < 4.78 is 5.22. The molecule has 1 aromatic rings. The van der Waals surface area contributed by atoms with Crippen molar-refractivity contribution in [2.45, 2.75) is 26.2 Å². The second-order valence-electron chi connectivity index (χ2n) is 3.83. The zero-order valence-corrected chi connectivity index (χ0v) is 9.93. The summed E-state index contributed by atoms with van der Waals surface area (Å²) in [4.78, 5) is 10.5. The van der Waals surface area contributed by atoms with Crippen LogP contribution in [0.5, 0.6) is 5.75 Å². The van der Waals surface area contributed by atoms with E-state index in [1.807, 2.05) is 26.0 Å². The molecule has 0 aliphatic heterocycles. The molecule has 0 amide bonds. The Morgan fingerprint density at radius 1 is 1.59 bits per heavy atom. The van der Waals surface area contributed by atoms with Crippen molar-refractivity contribution in [1.82, 2.24) is 0 Å². The van der Waals surface area contributed by atoms with Gasteiger partial charge in [-0.1, -0.05) is 26.0 Å². The fourth-order valence-corrected chi connectivity index (χ4v) is 1.55. The standard InChI is InChI=1S/C13H15NO3/c1-3-9(2)11-6-4-5-10(7-14)13(11)17-8-12(15)16/h4-6,9H,3,8H2,1-2H3,(H,15,16). The first-order valence-electron chi connectivity index (χ1n) is 5.47. The van der Waals surface area contributed by atoms with Crippen LogP contribution in [-0.2, 0) is 4.79 Å². The third-order valence-corrected chi connectivity index (χ3v) is 2.65. The van der Waals surface area contributed by atoms with E-state index in [2.05, 4.69) is 0 Å². The lowest BCUT2D eigenvalue weighted by atomic mass is 9.95. The molecule has 0 heterocycles. The van der Waals surface area contributed by atoms with E-state index < -0.39 is 12.6 Å². The molecule has 0 fully saturated rings. The number of carboxylic acids is 1. The Balaban J connectivity index is 3.12. The third kappa shape index (κ3) is 3.22. The van der Waals surface area contributed by atoms with Gasteiger partial charge in [-0.25, -0.2) is 4.79 Å². The number of nitrogens with zero attached hydrogens (tertiary/aromatic N) is 1. The zero-order valence-electron chi connectivity index (χ0n) is 9.93. The first-order chi connectivity index (χ1) is 8.10. The normalized spacial score (nSPS) is 11.6. The summed E-state index contributed by atoms with van der Waals surface area (Å²) in [5.41, 5.74) is 1.26. The predicted octanol–water partition coefficient (Wildman–Crippen LogP) is 2.54. The number of para-hydroxylation sites is 1. The number of hydrogen-bond acceptors (Lipinski definition) is 3. The van der Waals surface area contributed by atoms with E-state index in [1.165, 1.54) is 0 Å². The van der Waals surface area contributed by atoms with Crippen molar-refractivity contribution in [3.05, 3.63) is 29.3 Å². The van der Waals surface area contributed by atoms with Gasteiger partial charge in [0.2, 0.25) is 0 Å². The Morgan fingerprint density at radius 3 is 2.82 bits per heavy atom. The topological polar surface area (TPSA) is 70.3 Å². The van der Waals surface area contributed by atoms with Gasteiger partial charge in [-0.3, -0.25) is 0 Å². The largest absolute Gasteiger partial charge is 0.480 e. The maximum Gasteiger partial charge on any atom is 0.341 e. The molecule has 0 radical (unpaired) electrons. The van der Waals surface area contributed by atoms with Crippen molar-refractivity contribution in [2.24, 2.45) is 0 Å². The van der Waals surface area contributed by atoms with Gasteiger partial charge in [-0.15, -0.1) is 0 Å². The van der Waals surface area contributed by atoms with Crippen LogP contribution >= 0.6 is 0 Å². The van der Waals surface area contributed by atoms with Crippen molar-refractivity contribution < 1.29 is 14.6 Å². The molecule has 0 aliphatic rings. The van der Waals surface area contributed by atoms with Gasteiger partial charge in [-0.2, -0.15) is 5.26 Å². The molecule has 1 aromatic carbocycles. The Morgan fingerprint density at radius 2 is 2.29 bits per heavy atom. The molecule has 1 N–H and O–H groups in total. The molecule has 0 saturated heterocycles. The van der Waals surface area contributed by atoms with Gasteiger partial charge < -0.3 is 9.84 Å². The highest BCUT2D eigenvalue weighted by Crippen LogP contribution is 2.31. The molecule has 0 bridgehead atoms. The van der Waals surface area contributed by atoms with E-state index in [1.54, 1.807) is 12.1 Å². The molecule has 17 heavy (non-hydrogen) atoms. The summed E-state index contributed by atoms with van der Waals surface area (Å²) in [6, 6.07) is 7.30. The summed E-state index contributed by atoms with van der Waals surface area (Å²) in [5.74, 6) is -0.424. The number of carboxylic acid groups (broad SMARTS) is 1. The van der Waals surface area contributed by atoms with Gasteiger partial charge in [-0.05, 0) is 24.0 Å². The second-order valence-corrected chi connectivity index (χ2v) is 3.83. The zero-order chi connectivity index (χ0) is 12.8. The maximum absolute atomic E-state index is 10.5. The average molecular weight is 233 g/mol. The minimum atomic E-state index is -1.05. The smallest absolute Gasteiger partial charge is 0.341 e. The lowest BCUT2D eigenvalue weighted by Gasteiger charge is -2.15. The quantitative estimate of drug-likeness (QED) is 0.848. The van der Waals surface area contributed by atoms with Crippen molar-refractivity contribution in [2.75, 3.05) is 6.61 Å². The lowest BCUT2D eigenvalue weighted by Crippen LogP contribution is -2.12. The third-order valence-electron chi connectivity index (χ3n) is 2.65. The molecule has 0 spiro atoms. The van der Waals surface area contributed by atoms with Crippen LogP contribution in [0, 0.1) is 11.3 Å². The number of benzene rings is 1. The Kier molecular flexibility index (Phi) is 4.53. The summed E-state index contributed by atoms with van der Waals surface area (Å²) in [5, 5.41) is 17.6. The highest BCUT2D eigenvalue weighted by atomic mass is 16.5. The summed E-state index contributed by atoms with van der Waals surface area (Å²) in [6.45, 7) is 3.62. The number of carbonyl (C=O) groups is 1. The minimum absolute atomic E-state index is 0.229. The van der Waals surface area contributed by atoms with Gasteiger partial charge in [0.25, 0.3) is 0 Å².